The molecule has 0 spiro atoms. The number of hydrogen-bond donors (Lipinski definition) is 1. The summed E-state index contributed by atoms with van der Waals surface area (Å²) in [6.07, 6.45) is 0.935. The Labute approximate surface area is 214 Å². The van der Waals surface area contributed by atoms with Crippen LogP contribution in [-0.2, 0) is 4.74 Å². The third kappa shape index (κ3) is 6.77. The number of amides is 2. The zero-order chi connectivity index (χ0) is 26.2. The van der Waals surface area contributed by atoms with Crippen molar-refractivity contribution in [1.82, 2.24) is 9.80 Å². The van der Waals surface area contributed by atoms with Crippen LogP contribution in [0.25, 0.3) is 0 Å². The molecule has 0 saturated heterocycles. The summed E-state index contributed by atoms with van der Waals surface area (Å²) < 4.78 is 17.2. The van der Waals surface area contributed by atoms with E-state index in [1.807, 2.05) is 0 Å². The largest absolute Gasteiger partial charge is 0.497 e. The lowest BCUT2D eigenvalue weighted by Gasteiger charge is -2.35. The van der Waals surface area contributed by atoms with E-state index >= 15 is 0 Å². The predicted octanol–water partition coefficient (Wildman–Crippen LogP) is 4.16. The van der Waals surface area contributed by atoms with E-state index in [1.54, 1.807) is 68.6 Å². The Morgan fingerprint density at radius 1 is 1.14 bits per heavy atom. The third-order valence-corrected chi connectivity index (χ3v) is 6.67. The molecule has 36 heavy (non-hydrogen) atoms. The van der Waals surface area contributed by atoms with Crippen LogP contribution in [0.1, 0.15) is 47.9 Å². The Kier molecular flexibility index (Phi) is 9.73. The lowest BCUT2D eigenvalue weighted by molar-refractivity contribution is 0.0108. The number of carbonyl (C=O) groups is 2. The monoisotopic (exact) mass is 497 g/mol. The van der Waals surface area contributed by atoms with Gasteiger partial charge in [-0.2, -0.15) is 0 Å². The highest BCUT2D eigenvalue weighted by molar-refractivity contribution is 6.05. The van der Waals surface area contributed by atoms with Gasteiger partial charge in [0.15, 0.2) is 0 Å². The highest BCUT2D eigenvalue weighted by Gasteiger charge is 2.28. The van der Waals surface area contributed by atoms with Crippen molar-refractivity contribution < 1.29 is 23.8 Å². The second-order valence-corrected chi connectivity index (χ2v) is 9.49. The number of nitrogens with one attached hydrogen (secondary N) is 1. The molecule has 8 heteroatoms. The maximum atomic E-state index is 13.5. The molecule has 0 unspecified atom stereocenters. The van der Waals surface area contributed by atoms with Crippen LogP contribution in [0, 0.1) is 5.92 Å². The molecular formula is C28H39N3O5. The quantitative estimate of drug-likeness (QED) is 0.646. The smallest absolute Gasteiger partial charge is 0.257 e. The van der Waals surface area contributed by atoms with Crippen LogP contribution >= 0.6 is 0 Å². The molecule has 0 aliphatic carbocycles. The molecular weight excluding hydrogens is 458 g/mol. The number of benzene rings is 2. The summed E-state index contributed by atoms with van der Waals surface area (Å²) in [5.74, 6) is 0.846. The summed E-state index contributed by atoms with van der Waals surface area (Å²) in [5, 5.41) is 2.89. The number of ether oxygens (including phenoxy) is 3. The second-order valence-electron chi connectivity index (χ2n) is 9.49. The van der Waals surface area contributed by atoms with E-state index in [0.717, 1.165) is 19.5 Å². The number of likely N-dealkylation sites (N-methyl/N-ethyl adjacent to an activating group) is 1. The van der Waals surface area contributed by atoms with Crippen molar-refractivity contribution in [2.45, 2.75) is 39.3 Å². The Bertz CT molecular complexity index is 1040. The summed E-state index contributed by atoms with van der Waals surface area (Å²) >= 11 is 0. The topological polar surface area (TPSA) is 80.3 Å². The molecule has 2 aromatic rings. The van der Waals surface area contributed by atoms with Crippen LogP contribution in [0.5, 0.6) is 11.5 Å². The van der Waals surface area contributed by atoms with Crippen molar-refractivity contribution in [3.8, 4) is 11.5 Å². The van der Waals surface area contributed by atoms with E-state index in [-0.39, 0.29) is 29.9 Å². The maximum Gasteiger partial charge on any atom is 0.257 e. The number of rotatable bonds is 6. The fourth-order valence-corrected chi connectivity index (χ4v) is 4.50. The van der Waals surface area contributed by atoms with Crippen molar-refractivity contribution in [2.24, 2.45) is 5.92 Å². The van der Waals surface area contributed by atoms with E-state index in [9.17, 15) is 9.59 Å². The zero-order valence-electron chi connectivity index (χ0n) is 22.2. The molecule has 1 heterocycles. The average molecular weight is 498 g/mol. The second kappa shape index (κ2) is 12.7. The Balaban J connectivity index is 1.91. The van der Waals surface area contributed by atoms with Gasteiger partial charge in [0.05, 0.1) is 18.8 Å². The normalized spacial score (nSPS) is 21.6. The molecule has 3 rings (SSSR count). The first kappa shape index (κ1) is 27.5. The molecule has 2 aromatic carbocycles. The van der Waals surface area contributed by atoms with Crippen molar-refractivity contribution in [3.05, 3.63) is 53.6 Å². The first-order valence-electron chi connectivity index (χ1n) is 12.5. The van der Waals surface area contributed by atoms with Gasteiger partial charge in [-0.3, -0.25) is 14.5 Å². The molecule has 2 amide bonds. The number of methoxy groups -OCH3 is 2. The maximum absolute atomic E-state index is 13.5. The number of fused-ring (bicyclic) bond motifs is 1. The van der Waals surface area contributed by atoms with Gasteiger partial charge in [-0.1, -0.05) is 19.9 Å². The molecule has 1 aliphatic heterocycles. The van der Waals surface area contributed by atoms with Crippen LogP contribution in [0.4, 0.5) is 5.69 Å². The number of nitrogens with zero attached hydrogens (tertiary/aromatic N) is 2. The molecule has 0 aromatic heterocycles. The van der Waals surface area contributed by atoms with Crippen molar-refractivity contribution in [1.29, 1.82) is 0 Å². The van der Waals surface area contributed by atoms with E-state index in [1.165, 1.54) is 0 Å². The van der Waals surface area contributed by atoms with Crippen LogP contribution in [0.3, 0.4) is 0 Å². The van der Waals surface area contributed by atoms with Crippen molar-refractivity contribution >= 4 is 17.5 Å². The van der Waals surface area contributed by atoms with Crippen molar-refractivity contribution in [2.75, 3.05) is 52.8 Å². The molecule has 196 valence electrons. The van der Waals surface area contributed by atoms with Crippen LogP contribution < -0.4 is 14.8 Å². The molecule has 0 saturated carbocycles. The third-order valence-electron chi connectivity index (χ3n) is 6.67. The summed E-state index contributed by atoms with van der Waals surface area (Å²) in [7, 11) is 5.02. The molecule has 1 aliphatic rings. The molecule has 3 atom stereocenters. The first-order valence-corrected chi connectivity index (χ1v) is 12.5. The summed E-state index contributed by atoms with van der Waals surface area (Å²) in [6.45, 7) is 9.20. The van der Waals surface area contributed by atoms with Gasteiger partial charge in [-0.25, -0.2) is 0 Å². The van der Waals surface area contributed by atoms with Gasteiger partial charge in [-0.05, 0) is 62.2 Å². The highest BCUT2D eigenvalue weighted by atomic mass is 16.5. The fraction of sp³-hybridized carbons (Fsp3) is 0.500. The van der Waals surface area contributed by atoms with Crippen molar-refractivity contribution in [3.63, 3.8) is 0 Å². The fourth-order valence-electron chi connectivity index (χ4n) is 4.50. The molecule has 1 N–H and O–H groups in total. The van der Waals surface area contributed by atoms with Gasteiger partial charge in [0, 0.05) is 44.5 Å². The van der Waals surface area contributed by atoms with E-state index < -0.39 is 0 Å². The van der Waals surface area contributed by atoms with E-state index in [4.69, 9.17) is 14.2 Å². The van der Waals surface area contributed by atoms with Gasteiger partial charge < -0.3 is 24.4 Å². The standard InChI is InChI=1S/C28H39N3O5/c1-7-13-31-16-19(2)26(35-6)17-30(4)28(33)24-15-22(11-12-25(24)36-18-20(31)3)29-27(32)21-9-8-10-23(14-21)34-5/h8-12,14-15,19-20,26H,7,13,16-18H2,1-6H3,(H,29,32)/t19-,20+,26+/m1/s1. The number of hydrogen-bond acceptors (Lipinski definition) is 6. The first-order chi connectivity index (χ1) is 17.3. The minimum atomic E-state index is -0.291. The van der Waals surface area contributed by atoms with Crippen LogP contribution in [0.15, 0.2) is 42.5 Å². The highest BCUT2D eigenvalue weighted by Crippen LogP contribution is 2.27. The molecule has 0 bridgehead atoms. The van der Waals surface area contributed by atoms with Gasteiger partial charge >= 0.3 is 0 Å². The minimum absolute atomic E-state index is 0.106. The number of carbonyl (C=O) groups excluding carboxylic acids is 2. The van der Waals surface area contributed by atoms with Crippen LogP contribution in [0.2, 0.25) is 0 Å². The number of anilines is 1. The Hall–Kier alpha value is -3.10. The van der Waals surface area contributed by atoms with Gasteiger partial charge in [0.25, 0.3) is 11.8 Å². The Morgan fingerprint density at radius 3 is 2.61 bits per heavy atom. The summed E-state index contributed by atoms with van der Waals surface area (Å²) in [5.41, 5.74) is 1.37. The molecule has 8 nitrogen and oxygen atoms in total. The van der Waals surface area contributed by atoms with Gasteiger partial charge in [0.2, 0.25) is 0 Å². The summed E-state index contributed by atoms with van der Waals surface area (Å²) in [4.78, 5) is 30.4. The van der Waals surface area contributed by atoms with E-state index in [0.29, 0.717) is 41.5 Å². The van der Waals surface area contributed by atoms with E-state index in [2.05, 4.69) is 31.0 Å². The summed E-state index contributed by atoms with van der Waals surface area (Å²) in [6, 6.07) is 12.3. The van der Waals surface area contributed by atoms with Crippen LogP contribution in [-0.4, -0.2) is 81.3 Å². The SMILES string of the molecule is CCCN1C[C@@H](C)[C@@H](OC)CN(C)C(=O)c2cc(NC(=O)c3cccc(OC)c3)ccc2OC[C@@H]1C. The van der Waals surface area contributed by atoms with Gasteiger partial charge in [-0.15, -0.1) is 0 Å². The Morgan fingerprint density at radius 2 is 1.92 bits per heavy atom. The lowest BCUT2D eigenvalue weighted by atomic mass is 10.0. The predicted molar refractivity (Wildman–Crippen MR) is 141 cm³/mol. The zero-order valence-corrected chi connectivity index (χ0v) is 22.2. The molecule has 0 radical (unpaired) electrons. The molecule has 0 fully saturated rings. The average Bonchev–Trinajstić information content (AvgIpc) is 2.89. The van der Waals surface area contributed by atoms with Gasteiger partial charge in [0.1, 0.15) is 18.1 Å². The lowest BCUT2D eigenvalue weighted by Crippen LogP contribution is -2.46. The minimum Gasteiger partial charge on any atom is -0.497 e.